The monoisotopic (exact) mass is 602 g/mol. The summed E-state index contributed by atoms with van der Waals surface area (Å²) in [5.41, 5.74) is 0.330. The third-order valence-corrected chi connectivity index (χ3v) is 8.25. The molecule has 0 radical (unpaired) electrons. The molecule has 222 valence electrons. The molecule has 2 N–H and O–H groups in total. The maximum atomic E-state index is 13.6. The van der Waals surface area contributed by atoms with Crippen LogP contribution in [0.4, 0.5) is 18.9 Å². The summed E-state index contributed by atoms with van der Waals surface area (Å²) in [6, 6.07) is 7.11. The molecule has 0 aromatic carbocycles. The average molecular weight is 603 g/mol. The molecule has 0 bridgehead atoms. The van der Waals surface area contributed by atoms with Gasteiger partial charge in [0.25, 0.3) is 5.91 Å². The van der Waals surface area contributed by atoms with Gasteiger partial charge in [-0.15, -0.1) is 0 Å². The third-order valence-electron chi connectivity index (χ3n) is 7.97. The van der Waals surface area contributed by atoms with Crippen molar-refractivity contribution in [2.24, 2.45) is 5.41 Å². The van der Waals surface area contributed by atoms with Gasteiger partial charge in [0.2, 0.25) is 5.88 Å². The van der Waals surface area contributed by atoms with Gasteiger partial charge in [-0.25, -0.2) is 9.97 Å². The molecule has 1 atom stereocenters. The molecule has 3 aliphatic rings. The van der Waals surface area contributed by atoms with Crippen LogP contribution in [0.25, 0.3) is 11.3 Å². The van der Waals surface area contributed by atoms with Crippen molar-refractivity contribution in [3.8, 4) is 22.9 Å². The molecule has 3 aromatic rings. The molecular weight excluding hydrogens is 573 g/mol. The van der Waals surface area contributed by atoms with Gasteiger partial charge in [-0.1, -0.05) is 11.6 Å². The predicted octanol–water partition coefficient (Wildman–Crippen LogP) is 4.75. The molecule has 1 saturated carbocycles. The van der Waals surface area contributed by atoms with Crippen molar-refractivity contribution in [1.29, 1.82) is 0 Å². The van der Waals surface area contributed by atoms with Crippen molar-refractivity contribution in [3.05, 3.63) is 59.1 Å². The zero-order valence-electron chi connectivity index (χ0n) is 22.9. The molecule has 2 aliphatic heterocycles. The number of anilines is 1. The number of carbonyl (C=O) groups is 1. The minimum absolute atomic E-state index is 0.00744. The first-order valence-electron chi connectivity index (χ1n) is 13.9. The Kier molecular flexibility index (Phi) is 7.61. The minimum Gasteiger partial charge on any atom is -0.488 e. The molecule has 5 heterocycles. The van der Waals surface area contributed by atoms with E-state index < -0.39 is 16.8 Å². The van der Waals surface area contributed by atoms with Crippen molar-refractivity contribution < 1.29 is 27.4 Å². The summed E-state index contributed by atoms with van der Waals surface area (Å²) in [7, 11) is 0. The lowest BCUT2D eigenvalue weighted by Crippen LogP contribution is -2.65. The Morgan fingerprint density at radius 2 is 2.05 bits per heavy atom. The van der Waals surface area contributed by atoms with E-state index in [1.54, 1.807) is 29.3 Å². The summed E-state index contributed by atoms with van der Waals surface area (Å²) in [6.07, 6.45) is 1.19. The van der Waals surface area contributed by atoms with Gasteiger partial charge >= 0.3 is 6.18 Å². The lowest BCUT2D eigenvalue weighted by atomic mass is 9.61. The van der Waals surface area contributed by atoms with Crippen LogP contribution in [0.3, 0.4) is 0 Å². The largest absolute Gasteiger partial charge is 0.488 e. The summed E-state index contributed by atoms with van der Waals surface area (Å²) >= 11 is 5.86. The summed E-state index contributed by atoms with van der Waals surface area (Å²) in [5, 5.41) is 5.87. The third kappa shape index (κ3) is 5.57. The highest BCUT2D eigenvalue weighted by Gasteiger charge is 2.55. The van der Waals surface area contributed by atoms with Crippen LogP contribution in [0, 0.1) is 5.41 Å². The van der Waals surface area contributed by atoms with Gasteiger partial charge in [0, 0.05) is 43.5 Å². The molecule has 1 aliphatic carbocycles. The van der Waals surface area contributed by atoms with Crippen LogP contribution in [-0.4, -0.2) is 65.8 Å². The molecule has 42 heavy (non-hydrogen) atoms. The van der Waals surface area contributed by atoms with Crippen LogP contribution < -0.4 is 25.0 Å². The number of alkyl halides is 3. The van der Waals surface area contributed by atoms with Gasteiger partial charge in [-0.3, -0.25) is 9.78 Å². The Morgan fingerprint density at radius 3 is 2.76 bits per heavy atom. The highest BCUT2D eigenvalue weighted by Crippen LogP contribution is 2.53. The Hall–Kier alpha value is -3.64. The number of halogens is 4. The fourth-order valence-corrected chi connectivity index (χ4v) is 6.29. The summed E-state index contributed by atoms with van der Waals surface area (Å²) in [6.45, 7) is 4.69. The molecule has 3 fully saturated rings. The smallest absolute Gasteiger partial charge is 0.419 e. The molecular formula is C29H30ClF3N6O3. The number of carbonyl (C=O) groups excluding carboxylic acids is 1. The average Bonchev–Trinajstić information content (AvgIpc) is 3.42. The van der Waals surface area contributed by atoms with Crippen LogP contribution in [0.1, 0.15) is 42.2 Å². The van der Waals surface area contributed by atoms with Crippen LogP contribution in [0.5, 0.6) is 11.6 Å². The van der Waals surface area contributed by atoms with E-state index in [4.69, 9.17) is 26.1 Å². The second-order valence-electron chi connectivity index (χ2n) is 11.0. The van der Waals surface area contributed by atoms with E-state index in [1.807, 2.05) is 13.0 Å². The fraction of sp³-hybridized carbons (Fsp3) is 0.448. The minimum atomic E-state index is -4.58. The maximum Gasteiger partial charge on any atom is 0.419 e. The summed E-state index contributed by atoms with van der Waals surface area (Å²) in [5.74, 6) is 0.449. The second kappa shape index (κ2) is 11.2. The highest BCUT2D eigenvalue weighted by molar-refractivity contribution is 6.31. The Morgan fingerprint density at radius 1 is 1.24 bits per heavy atom. The fourth-order valence-electron chi connectivity index (χ4n) is 6.03. The summed E-state index contributed by atoms with van der Waals surface area (Å²) < 4.78 is 52.9. The van der Waals surface area contributed by atoms with Gasteiger partial charge in [0.05, 0.1) is 34.8 Å². The van der Waals surface area contributed by atoms with E-state index >= 15 is 0 Å². The molecule has 0 unspecified atom stereocenters. The first-order chi connectivity index (χ1) is 20.2. The number of hydrogen-bond donors (Lipinski definition) is 2. The number of nitrogens with one attached hydrogen (secondary N) is 2. The van der Waals surface area contributed by atoms with Gasteiger partial charge in [-0.2, -0.15) is 13.2 Å². The van der Waals surface area contributed by atoms with E-state index in [2.05, 4.69) is 20.6 Å². The number of hydrogen-bond acceptors (Lipinski definition) is 8. The standard InChI is InChI=1S/C29H30ClF3N6O3/c1-2-41-27-19(4-3-8-36-27)21-5-6-23(25(38-21)26(40)37-17-7-9-34-12-17)42-18-10-28(11-18)15-39(16-28)22-14-35-13-20(30)24(22)29(31,32)33/h3-6,8,13-14,17-18,34H,2,7,9-12,15-16H2,1H3,(H,37,40)/t17-/m1/s1. The number of rotatable bonds is 8. The van der Waals surface area contributed by atoms with Gasteiger partial charge < -0.3 is 25.0 Å². The molecule has 1 spiro atoms. The lowest BCUT2D eigenvalue weighted by molar-refractivity contribution is -0.137. The van der Waals surface area contributed by atoms with E-state index in [0.29, 0.717) is 62.0 Å². The highest BCUT2D eigenvalue weighted by atomic mass is 35.5. The normalized spacial score (nSPS) is 19.7. The number of pyridine rings is 3. The SMILES string of the molecule is CCOc1ncccc1-c1ccc(OC2CC3(C2)CN(c2cncc(Cl)c2C(F)(F)F)C3)c(C(=O)N[C@@H]2CCNC2)n1. The van der Waals surface area contributed by atoms with Gasteiger partial charge in [0.15, 0.2) is 11.4 Å². The van der Waals surface area contributed by atoms with Crippen LogP contribution in [-0.2, 0) is 6.18 Å². The maximum absolute atomic E-state index is 13.6. The molecule has 1 amide bonds. The van der Waals surface area contributed by atoms with E-state index in [1.165, 1.54) is 6.20 Å². The van der Waals surface area contributed by atoms with Crippen molar-refractivity contribution in [2.45, 2.75) is 44.5 Å². The molecule has 13 heteroatoms. The first kappa shape index (κ1) is 28.5. The topological polar surface area (TPSA) is 102 Å². The lowest BCUT2D eigenvalue weighted by Gasteiger charge is -2.59. The number of nitrogens with zero attached hydrogens (tertiary/aromatic N) is 4. The Balaban J connectivity index is 1.18. The number of ether oxygens (including phenoxy) is 2. The van der Waals surface area contributed by atoms with Crippen LogP contribution in [0.2, 0.25) is 5.02 Å². The van der Waals surface area contributed by atoms with Crippen LogP contribution in [0.15, 0.2) is 42.9 Å². The first-order valence-corrected chi connectivity index (χ1v) is 14.3. The number of amides is 1. The van der Waals surface area contributed by atoms with E-state index in [-0.39, 0.29) is 34.8 Å². The van der Waals surface area contributed by atoms with Crippen molar-refractivity contribution >= 4 is 23.2 Å². The van der Waals surface area contributed by atoms with Crippen LogP contribution >= 0.6 is 11.6 Å². The van der Waals surface area contributed by atoms with E-state index in [0.717, 1.165) is 19.2 Å². The van der Waals surface area contributed by atoms with E-state index in [9.17, 15) is 18.0 Å². The molecule has 2 saturated heterocycles. The molecule has 3 aromatic heterocycles. The van der Waals surface area contributed by atoms with Gasteiger partial charge in [0.1, 0.15) is 11.7 Å². The summed E-state index contributed by atoms with van der Waals surface area (Å²) in [4.78, 5) is 27.9. The van der Waals surface area contributed by atoms with Crippen molar-refractivity contribution in [3.63, 3.8) is 0 Å². The quantitative estimate of drug-likeness (QED) is 0.381. The molecule has 6 rings (SSSR count). The number of aromatic nitrogens is 3. The van der Waals surface area contributed by atoms with Crippen molar-refractivity contribution in [1.82, 2.24) is 25.6 Å². The zero-order chi connectivity index (χ0) is 29.5. The zero-order valence-corrected chi connectivity index (χ0v) is 23.6. The Labute approximate surface area is 245 Å². The predicted molar refractivity (Wildman–Crippen MR) is 150 cm³/mol. The Bertz CT molecular complexity index is 1470. The van der Waals surface area contributed by atoms with Crippen molar-refractivity contribution in [2.75, 3.05) is 37.7 Å². The van der Waals surface area contributed by atoms with Gasteiger partial charge in [-0.05, 0) is 57.0 Å². The second-order valence-corrected chi connectivity index (χ2v) is 11.4. The molecule has 9 nitrogen and oxygen atoms in total.